The predicted molar refractivity (Wildman–Crippen MR) is 324 cm³/mol. The van der Waals surface area contributed by atoms with Gasteiger partial charge in [0.15, 0.2) is 12.6 Å². The van der Waals surface area contributed by atoms with E-state index in [1.54, 1.807) is 0 Å². The number of ether oxygens (including phenoxy) is 9. The van der Waals surface area contributed by atoms with E-state index in [2.05, 4.69) is 72.6 Å². The Kier molecular flexibility index (Phi) is 24.0. The van der Waals surface area contributed by atoms with E-state index in [4.69, 9.17) is 53.1 Å². The number of hydrogen-bond donors (Lipinski definition) is 0. The summed E-state index contributed by atoms with van der Waals surface area (Å²) in [6.45, 7) is 6.49. The number of aromatic nitrogens is 6. The van der Waals surface area contributed by atoms with Crippen molar-refractivity contribution in [3.63, 3.8) is 0 Å². The Morgan fingerprint density at radius 3 is 0.918 bits per heavy atom. The normalized spacial score (nSPS) is 22.4. The van der Waals surface area contributed by atoms with Crippen molar-refractivity contribution in [1.29, 1.82) is 0 Å². The van der Waals surface area contributed by atoms with E-state index in [-0.39, 0.29) is 52.7 Å². The van der Waals surface area contributed by atoms with Gasteiger partial charge >= 0.3 is 0 Å². The zero-order valence-corrected chi connectivity index (χ0v) is 49.3. The smallest absolute Gasteiger partial charge is 0.190 e. The molecule has 2 aliphatic heterocycles. The molecule has 0 radical (unpaired) electrons. The maximum absolute atomic E-state index is 7.56. The first-order valence-corrected chi connectivity index (χ1v) is 30.7. The fraction of sp³-hybridized carbons (Fsp3) is 0.429. The second-order valence-electron chi connectivity index (χ2n) is 22.3. The van der Waals surface area contributed by atoms with Crippen LogP contribution in [0.3, 0.4) is 0 Å². The van der Waals surface area contributed by atoms with Gasteiger partial charge in [0.25, 0.3) is 0 Å². The van der Waals surface area contributed by atoms with Gasteiger partial charge in [-0.15, -0.1) is 10.2 Å². The predicted octanol–water partition coefficient (Wildman–Crippen LogP) is 12.8. The van der Waals surface area contributed by atoms with Crippen LogP contribution < -0.4 is 0 Å². The van der Waals surface area contributed by atoms with Crippen LogP contribution in [0.25, 0.3) is 0 Å². The maximum atomic E-state index is 7.56. The Balaban J connectivity index is 1.06. The summed E-state index contributed by atoms with van der Waals surface area (Å²) in [6.07, 6.45) is 6.23. The third kappa shape index (κ3) is 18.6. The molecule has 0 spiro atoms. The highest BCUT2D eigenvalue weighted by atomic mass is 16.8. The van der Waals surface area contributed by atoms with Gasteiger partial charge in [0.05, 0.1) is 64.1 Å². The minimum absolute atomic E-state index is 0.216. The van der Waals surface area contributed by atoms with Gasteiger partial charge in [-0.05, 0) is 59.1 Å². The summed E-state index contributed by atoms with van der Waals surface area (Å²) >= 11 is 0. The molecule has 15 heteroatoms. The number of benzene rings is 6. The molecule has 0 bridgehead atoms. The van der Waals surface area contributed by atoms with Gasteiger partial charge in [0.2, 0.25) is 0 Å². The van der Waals surface area contributed by atoms with Crippen LogP contribution in [0.5, 0.6) is 0 Å². The average Bonchev–Trinajstić information content (AvgIpc) is 2.96. The van der Waals surface area contributed by atoms with Gasteiger partial charge in [0, 0.05) is 12.4 Å². The van der Waals surface area contributed by atoms with Crippen LogP contribution in [-0.2, 0) is 108 Å². The van der Waals surface area contributed by atoms with E-state index < -0.39 is 61.4 Å². The summed E-state index contributed by atoms with van der Waals surface area (Å²) < 4.78 is 69.2. The molecule has 2 fully saturated rings. The van der Waals surface area contributed by atoms with Crippen molar-refractivity contribution in [3.05, 3.63) is 239 Å². The summed E-state index contributed by atoms with van der Waals surface area (Å²) in [5.74, 6) is 0. The SMILES string of the molecule is CCCCCCc1cn(C[C@H]2O[C@H](O[C@H]3O[C@H](Cn4cc(CCCCCC)nn4)[C@@H](OCc4ccccc4)[C@H](OCc4ccccc4)[C@H]3OCc3ccccc3)[C@H](OCc3ccccc3)[C@@H](OCc3ccccc3)[C@@H]2OCc2ccccc2)nn1. The fourth-order valence-corrected chi connectivity index (χ4v) is 11.1. The van der Waals surface area contributed by atoms with E-state index in [0.29, 0.717) is 0 Å². The molecule has 15 nitrogen and oxygen atoms in total. The Bertz CT molecular complexity index is 2860. The summed E-state index contributed by atoms with van der Waals surface area (Å²) in [6, 6.07) is 60.8. The zero-order valence-electron chi connectivity index (χ0n) is 49.3. The van der Waals surface area contributed by atoms with Gasteiger partial charge in [0.1, 0.15) is 48.8 Å². The molecule has 0 amide bonds. The van der Waals surface area contributed by atoms with Gasteiger partial charge in [-0.3, -0.25) is 0 Å². The molecule has 448 valence electrons. The first-order chi connectivity index (χ1) is 42.0. The molecule has 10 atom stereocenters. The third-order valence-electron chi connectivity index (χ3n) is 15.6. The van der Waals surface area contributed by atoms with E-state index >= 15 is 0 Å². The van der Waals surface area contributed by atoms with Crippen molar-refractivity contribution in [3.8, 4) is 0 Å². The van der Waals surface area contributed by atoms with Gasteiger partial charge in [-0.2, -0.15) is 0 Å². The lowest BCUT2D eigenvalue weighted by Gasteiger charge is -2.50. The molecule has 0 N–H and O–H groups in total. The molecule has 10 rings (SSSR count). The molecule has 4 heterocycles. The summed E-state index contributed by atoms with van der Waals surface area (Å²) in [5, 5.41) is 18.7. The number of aryl methyl sites for hydroxylation is 2. The van der Waals surface area contributed by atoms with Crippen molar-refractivity contribution < 1.29 is 42.6 Å². The van der Waals surface area contributed by atoms with Crippen LogP contribution in [0.4, 0.5) is 0 Å². The molecular weight excluding hydrogens is 1070 g/mol. The lowest BCUT2D eigenvalue weighted by atomic mass is 9.96. The van der Waals surface area contributed by atoms with Crippen molar-refractivity contribution in [1.82, 2.24) is 30.0 Å². The van der Waals surface area contributed by atoms with E-state index in [0.717, 1.165) is 96.1 Å². The van der Waals surface area contributed by atoms with Crippen molar-refractivity contribution in [2.45, 2.75) is 192 Å². The topological polar surface area (TPSA) is 144 Å². The van der Waals surface area contributed by atoms with Crippen LogP contribution in [0, 0.1) is 0 Å². The lowest BCUT2D eigenvalue weighted by molar-refractivity contribution is -0.392. The Labute approximate surface area is 501 Å². The lowest BCUT2D eigenvalue weighted by Crippen LogP contribution is -2.65. The average molecular weight is 1150 g/mol. The molecule has 6 aromatic carbocycles. The highest BCUT2D eigenvalue weighted by Gasteiger charge is 2.54. The van der Waals surface area contributed by atoms with Crippen LogP contribution >= 0.6 is 0 Å². The van der Waals surface area contributed by atoms with E-state index in [1.165, 1.54) is 12.8 Å². The third-order valence-corrected chi connectivity index (χ3v) is 15.6. The number of unbranched alkanes of at least 4 members (excludes halogenated alkanes) is 6. The van der Waals surface area contributed by atoms with Gasteiger partial charge in [-0.25, -0.2) is 9.36 Å². The van der Waals surface area contributed by atoms with Crippen molar-refractivity contribution in [2.75, 3.05) is 0 Å². The van der Waals surface area contributed by atoms with E-state index in [9.17, 15) is 0 Å². The Hall–Kier alpha value is -6.76. The summed E-state index contributed by atoms with van der Waals surface area (Å²) in [7, 11) is 0. The fourth-order valence-electron chi connectivity index (χ4n) is 11.1. The molecule has 2 saturated heterocycles. The molecule has 8 aromatic rings. The molecular formula is C70H84N6O9. The Morgan fingerprint density at radius 2 is 0.624 bits per heavy atom. The highest BCUT2D eigenvalue weighted by molar-refractivity contribution is 5.19. The van der Waals surface area contributed by atoms with Crippen molar-refractivity contribution >= 4 is 0 Å². The first-order valence-electron chi connectivity index (χ1n) is 30.7. The first kappa shape index (κ1) is 61.3. The monoisotopic (exact) mass is 1150 g/mol. The van der Waals surface area contributed by atoms with Gasteiger partial charge < -0.3 is 42.6 Å². The second kappa shape index (κ2) is 33.2. The zero-order chi connectivity index (χ0) is 58.1. The van der Waals surface area contributed by atoms with E-state index in [1.807, 2.05) is 155 Å². The highest BCUT2D eigenvalue weighted by Crippen LogP contribution is 2.37. The number of hydrogen-bond acceptors (Lipinski definition) is 13. The molecule has 85 heavy (non-hydrogen) atoms. The van der Waals surface area contributed by atoms with Crippen molar-refractivity contribution in [2.24, 2.45) is 0 Å². The molecule has 0 aliphatic carbocycles. The van der Waals surface area contributed by atoms with Gasteiger partial charge in [-0.1, -0.05) is 245 Å². The van der Waals surface area contributed by atoms with Crippen LogP contribution in [-0.4, -0.2) is 91.4 Å². The Morgan fingerprint density at radius 1 is 0.341 bits per heavy atom. The minimum Gasteiger partial charge on any atom is -0.368 e. The quantitative estimate of drug-likeness (QED) is 0.0353. The number of rotatable bonds is 34. The summed E-state index contributed by atoms with van der Waals surface area (Å²) in [5.41, 5.74) is 7.74. The molecule has 0 saturated carbocycles. The second-order valence-corrected chi connectivity index (χ2v) is 22.3. The summed E-state index contributed by atoms with van der Waals surface area (Å²) in [4.78, 5) is 0. The minimum atomic E-state index is -1.14. The largest absolute Gasteiger partial charge is 0.368 e. The molecule has 2 aliphatic rings. The van der Waals surface area contributed by atoms with Crippen LogP contribution in [0.2, 0.25) is 0 Å². The van der Waals surface area contributed by atoms with Crippen LogP contribution in [0.1, 0.15) is 110 Å². The maximum Gasteiger partial charge on any atom is 0.190 e. The number of nitrogens with zero attached hydrogens (tertiary/aromatic N) is 6. The molecule has 0 unspecified atom stereocenters. The standard InChI is InChI=1S/C70H84N6O9/c1-3-5-7-27-41-59-43-75(73-71-59)45-61-63(77-47-53-29-15-9-16-30-53)65(79-49-55-33-19-11-20-34-55)67(81-51-57-37-23-13-24-38-57)69(83-61)85-70-68(82-52-58-39-25-14-26-40-58)66(80-50-56-35-21-12-22-36-56)64(78-48-54-31-17-10-18-32-54)62(84-70)46-76-44-60(72-74-76)42-28-8-6-4-2/h9-26,29-40,43-44,61-70H,3-8,27-28,41-42,45-52H2,1-2H3/t61-,62-,63-,64-,65+,66+,67-,68-,69-,70-/m1/s1. The molecule has 2 aromatic heterocycles. The van der Waals surface area contributed by atoms with Crippen LogP contribution in [0.15, 0.2) is 194 Å².